The van der Waals surface area contributed by atoms with Gasteiger partial charge in [0.25, 0.3) is 5.88 Å². The van der Waals surface area contributed by atoms with Gasteiger partial charge in [0.1, 0.15) is 5.82 Å². The quantitative estimate of drug-likeness (QED) is 0.346. The lowest BCUT2D eigenvalue weighted by molar-refractivity contribution is -0.387. The highest BCUT2D eigenvalue weighted by Gasteiger charge is 2.21. The van der Waals surface area contributed by atoms with Crippen LogP contribution < -0.4 is 5.56 Å². The molecule has 1 aromatic carbocycles. The van der Waals surface area contributed by atoms with Gasteiger partial charge in [0.05, 0.1) is 4.92 Å². The van der Waals surface area contributed by atoms with Crippen molar-refractivity contribution in [2.45, 2.75) is 39.2 Å². The van der Waals surface area contributed by atoms with Crippen molar-refractivity contribution in [2.24, 2.45) is 0 Å². The Morgan fingerprint density at radius 1 is 1.25 bits per heavy atom. The fourth-order valence-electron chi connectivity index (χ4n) is 3.19. The number of H-pyrrole nitrogens is 1. The first-order chi connectivity index (χ1) is 13.5. The number of aromatic hydroxyl groups is 1. The molecule has 3 rings (SSSR count). The molecule has 28 heavy (non-hydrogen) atoms. The molecule has 0 aliphatic carbocycles. The van der Waals surface area contributed by atoms with E-state index in [9.17, 15) is 20.0 Å². The summed E-state index contributed by atoms with van der Waals surface area (Å²) in [5.41, 5.74) is 0.106. The van der Waals surface area contributed by atoms with Crippen LogP contribution in [0.4, 0.5) is 5.69 Å². The number of fused-ring (bicyclic) bond motifs is 1. The van der Waals surface area contributed by atoms with E-state index in [2.05, 4.69) is 27.5 Å². The minimum atomic E-state index is -0.990. The molecule has 0 aliphatic rings. The van der Waals surface area contributed by atoms with E-state index in [0.717, 1.165) is 29.4 Å². The van der Waals surface area contributed by atoms with Crippen LogP contribution >= 0.6 is 0 Å². The summed E-state index contributed by atoms with van der Waals surface area (Å²) >= 11 is 0. The van der Waals surface area contributed by atoms with Crippen LogP contribution in [0.3, 0.4) is 0 Å². The Morgan fingerprint density at radius 3 is 2.75 bits per heavy atom. The molecular formula is C20H22N4O4. The van der Waals surface area contributed by atoms with Crippen LogP contribution in [-0.2, 0) is 6.54 Å². The van der Waals surface area contributed by atoms with Crippen molar-refractivity contribution in [2.75, 3.05) is 0 Å². The molecule has 2 heterocycles. The molecule has 0 amide bonds. The zero-order valence-corrected chi connectivity index (χ0v) is 15.6. The van der Waals surface area contributed by atoms with Crippen molar-refractivity contribution in [3.8, 4) is 5.88 Å². The second-order valence-electron chi connectivity index (χ2n) is 6.57. The number of nitrogens with zero attached hydrogens (tertiary/aromatic N) is 3. The molecule has 2 N–H and O–H groups in total. The van der Waals surface area contributed by atoms with Gasteiger partial charge in [-0.3, -0.25) is 14.9 Å². The number of nitrogens with one attached hydrogen (secondary N) is 1. The maximum absolute atomic E-state index is 11.8. The van der Waals surface area contributed by atoms with Gasteiger partial charge in [-0.15, -0.1) is 0 Å². The van der Waals surface area contributed by atoms with Gasteiger partial charge in [0.15, 0.2) is 0 Å². The fourth-order valence-corrected chi connectivity index (χ4v) is 3.19. The van der Waals surface area contributed by atoms with Gasteiger partial charge in [0.2, 0.25) is 0 Å². The lowest BCUT2D eigenvalue weighted by Crippen LogP contribution is -2.14. The Labute approximate surface area is 161 Å². The number of hydrogen-bond donors (Lipinski definition) is 2. The molecule has 0 saturated carbocycles. The molecule has 0 unspecified atom stereocenters. The lowest BCUT2D eigenvalue weighted by Gasteiger charge is -2.04. The summed E-state index contributed by atoms with van der Waals surface area (Å²) < 4.78 is 2.20. The maximum atomic E-state index is 11.8. The molecule has 3 aromatic rings. The second kappa shape index (κ2) is 8.51. The van der Waals surface area contributed by atoms with E-state index in [1.807, 2.05) is 24.4 Å². The summed E-state index contributed by atoms with van der Waals surface area (Å²) in [5.74, 6) is -0.848. The minimum absolute atomic E-state index is 0.0490. The van der Waals surface area contributed by atoms with E-state index < -0.39 is 22.0 Å². The van der Waals surface area contributed by atoms with Crippen LogP contribution in [0.2, 0.25) is 0 Å². The number of aromatic amines is 1. The molecule has 0 aliphatic heterocycles. The average Bonchev–Trinajstić information content (AvgIpc) is 3.01. The maximum Gasteiger partial charge on any atom is 0.395 e. The van der Waals surface area contributed by atoms with Crippen LogP contribution in [0.1, 0.15) is 44.0 Å². The van der Waals surface area contributed by atoms with Crippen molar-refractivity contribution in [3.05, 3.63) is 62.3 Å². The third-order valence-corrected chi connectivity index (χ3v) is 4.57. The number of aromatic nitrogens is 3. The van der Waals surface area contributed by atoms with Gasteiger partial charge in [0, 0.05) is 29.2 Å². The molecule has 2 aromatic heterocycles. The smallest absolute Gasteiger partial charge is 0.395 e. The highest BCUT2D eigenvalue weighted by atomic mass is 16.6. The Hall–Kier alpha value is -3.42. The predicted octanol–water partition coefficient (Wildman–Crippen LogP) is 4.09. The number of aryl methyl sites for hydroxylation is 1. The van der Waals surface area contributed by atoms with Gasteiger partial charge < -0.3 is 14.7 Å². The van der Waals surface area contributed by atoms with Crippen LogP contribution in [0.25, 0.3) is 23.1 Å². The summed E-state index contributed by atoms with van der Waals surface area (Å²) in [7, 11) is 0. The summed E-state index contributed by atoms with van der Waals surface area (Å²) in [4.78, 5) is 27.6. The van der Waals surface area contributed by atoms with Gasteiger partial charge in [-0.25, -0.2) is 0 Å². The van der Waals surface area contributed by atoms with E-state index in [1.54, 1.807) is 6.08 Å². The summed E-state index contributed by atoms with van der Waals surface area (Å²) in [5, 5.41) is 21.5. The molecule has 146 valence electrons. The molecule has 8 nitrogen and oxygen atoms in total. The van der Waals surface area contributed by atoms with Crippen molar-refractivity contribution in [3.63, 3.8) is 0 Å². The number of unbranched alkanes of at least 4 members (excludes halogenated alkanes) is 3. The summed E-state index contributed by atoms with van der Waals surface area (Å²) in [6.45, 7) is 3.10. The van der Waals surface area contributed by atoms with Crippen LogP contribution in [0, 0.1) is 10.1 Å². The Bertz CT molecular complexity index is 1080. The van der Waals surface area contributed by atoms with E-state index in [4.69, 9.17) is 0 Å². The lowest BCUT2D eigenvalue weighted by atomic mass is 10.1. The first-order valence-corrected chi connectivity index (χ1v) is 9.25. The number of nitro groups is 1. The van der Waals surface area contributed by atoms with Gasteiger partial charge in [-0.2, -0.15) is 4.98 Å². The van der Waals surface area contributed by atoms with Gasteiger partial charge >= 0.3 is 11.2 Å². The van der Waals surface area contributed by atoms with E-state index in [-0.39, 0.29) is 5.82 Å². The number of hydrogen-bond acceptors (Lipinski definition) is 5. The van der Waals surface area contributed by atoms with E-state index >= 15 is 0 Å². The molecule has 0 radical (unpaired) electrons. The Morgan fingerprint density at radius 2 is 2.04 bits per heavy atom. The normalized spacial score (nSPS) is 11.5. The van der Waals surface area contributed by atoms with Crippen molar-refractivity contribution < 1.29 is 10.0 Å². The predicted molar refractivity (Wildman–Crippen MR) is 108 cm³/mol. The highest BCUT2D eigenvalue weighted by Crippen LogP contribution is 2.24. The first kappa shape index (κ1) is 19.3. The Balaban J connectivity index is 1.90. The fraction of sp³-hybridized carbons (Fsp3) is 0.300. The SMILES string of the molecule is CCCCCCn1cc(/C=C/c2nc(O)c([N+](=O)[O-])c(=O)[nH]2)c2ccccc21. The van der Waals surface area contributed by atoms with Gasteiger partial charge in [-0.1, -0.05) is 44.4 Å². The van der Waals surface area contributed by atoms with E-state index in [1.165, 1.54) is 25.3 Å². The number of benzene rings is 1. The van der Waals surface area contributed by atoms with Crippen molar-refractivity contribution in [1.82, 2.24) is 14.5 Å². The number of rotatable bonds is 8. The topological polar surface area (TPSA) is 114 Å². The molecule has 0 bridgehead atoms. The third kappa shape index (κ3) is 4.11. The van der Waals surface area contributed by atoms with Crippen LogP contribution in [-0.4, -0.2) is 24.6 Å². The second-order valence-corrected chi connectivity index (χ2v) is 6.57. The Kier molecular flexibility index (Phi) is 5.88. The third-order valence-electron chi connectivity index (χ3n) is 4.57. The molecule has 0 saturated heterocycles. The monoisotopic (exact) mass is 382 g/mol. The molecule has 0 spiro atoms. The standard InChI is InChI=1S/C20H22N4O4/c1-2-3-4-7-12-23-13-14(15-8-5-6-9-16(15)23)10-11-17-21-19(25)18(24(27)28)20(26)22-17/h5-6,8-11,13H,2-4,7,12H2,1H3,(H2,21,22,25,26)/b11-10+. The largest absolute Gasteiger partial charge is 0.488 e. The van der Waals surface area contributed by atoms with Crippen LogP contribution in [0.15, 0.2) is 35.3 Å². The zero-order chi connectivity index (χ0) is 20.1. The van der Waals surface area contributed by atoms with E-state index in [0.29, 0.717) is 0 Å². The first-order valence-electron chi connectivity index (χ1n) is 9.25. The highest BCUT2D eigenvalue weighted by molar-refractivity contribution is 5.91. The number of para-hydroxylation sites is 1. The minimum Gasteiger partial charge on any atom is -0.488 e. The van der Waals surface area contributed by atoms with Crippen molar-refractivity contribution in [1.29, 1.82) is 0 Å². The summed E-state index contributed by atoms with van der Waals surface area (Å²) in [6.07, 6.45) is 10.0. The summed E-state index contributed by atoms with van der Waals surface area (Å²) in [6, 6.07) is 8.02. The molecule has 8 heteroatoms. The molecule has 0 fully saturated rings. The zero-order valence-electron chi connectivity index (χ0n) is 15.6. The molecular weight excluding hydrogens is 360 g/mol. The average molecular weight is 382 g/mol. The van der Waals surface area contributed by atoms with Crippen LogP contribution in [0.5, 0.6) is 5.88 Å². The van der Waals surface area contributed by atoms with Crippen molar-refractivity contribution >= 4 is 28.7 Å². The molecule has 0 atom stereocenters. The van der Waals surface area contributed by atoms with Gasteiger partial charge in [-0.05, 0) is 24.6 Å².